The van der Waals surface area contributed by atoms with Crippen molar-refractivity contribution in [2.75, 3.05) is 12.0 Å². The number of nitrogen functional groups attached to an aromatic ring is 1. The molecule has 0 radical (unpaired) electrons. The van der Waals surface area contributed by atoms with Crippen LogP contribution in [0.1, 0.15) is 0 Å². The number of hydrogen-bond donors (Lipinski definition) is 2. The number of aromatic hydroxyl groups is 1. The van der Waals surface area contributed by atoms with Gasteiger partial charge in [0.25, 0.3) is 0 Å². The first-order chi connectivity index (χ1) is 8.38. The van der Waals surface area contributed by atoms with Crippen molar-refractivity contribution in [3.63, 3.8) is 0 Å². The molecular weight excluding hydrogens is 250 g/mol. The summed E-state index contributed by atoms with van der Waals surface area (Å²) in [5.74, 6) is 0.0714. The maximum Gasteiger partial charge on any atom is 0.175 e. The minimum Gasteiger partial charge on any atom is -0.507 e. The third-order valence-electron chi connectivity index (χ3n) is 2.62. The fourth-order valence-corrected chi connectivity index (χ4v) is 2.30. The van der Waals surface area contributed by atoms with Crippen molar-refractivity contribution < 1.29 is 13.5 Å². The highest BCUT2D eigenvalue weighted by molar-refractivity contribution is 7.90. The van der Waals surface area contributed by atoms with Crippen LogP contribution >= 0.6 is 0 Å². The highest BCUT2D eigenvalue weighted by atomic mass is 32.2. The highest BCUT2D eigenvalue weighted by Crippen LogP contribution is 2.31. The smallest absolute Gasteiger partial charge is 0.175 e. The summed E-state index contributed by atoms with van der Waals surface area (Å²) in [6.07, 6.45) is 1.16. The molecule has 0 aliphatic rings. The van der Waals surface area contributed by atoms with Gasteiger partial charge < -0.3 is 10.8 Å². The standard InChI is InChI=1S/C13H13NO3S/c1-18(16,17)11-5-2-9(3-6-11)12-7-4-10(14)8-13(12)15/h2-8,15H,14H2,1H3. The first kappa shape index (κ1) is 12.4. The van der Waals surface area contributed by atoms with Crippen molar-refractivity contribution in [1.82, 2.24) is 0 Å². The predicted octanol–water partition coefficient (Wildman–Crippen LogP) is 2.04. The lowest BCUT2D eigenvalue weighted by atomic mass is 10.0. The summed E-state index contributed by atoms with van der Waals surface area (Å²) in [6, 6.07) is 11.2. The molecule has 0 aliphatic carbocycles. The minimum absolute atomic E-state index is 0.0714. The largest absolute Gasteiger partial charge is 0.507 e. The van der Waals surface area contributed by atoms with E-state index >= 15 is 0 Å². The second-order valence-electron chi connectivity index (χ2n) is 4.07. The quantitative estimate of drug-likeness (QED) is 0.812. The summed E-state index contributed by atoms with van der Waals surface area (Å²) in [6.45, 7) is 0. The molecule has 2 aromatic carbocycles. The van der Waals surface area contributed by atoms with E-state index < -0.39 is 9.84 Å². The first-order valence-corrected chi connectivity index (χ1v) is 7.16. The second-order valence-corrected chi connectivity index (χ2v) is 6.09. The Morgan fingerprint density at radius 3 is 2.17 bits per heavy atom. The fourth-order valence-electron chi connectivity index (χ4n) is 1.67. The maximum atomic E-state index is 11.3. The second kappa shape index (κ2) is 4.34. The molecule has 18 heavy (non-hydrogen) atoms. The molecule has 0 heterocycles. The van der Waals surface area contributed by atoms with Gasteiger partial charge in [0.05, 0.1) is 4.90 Å². The zero-order valence-electron chi connectivity index (χ0n) is 9.79. The average Bonchev–Trinajstić information content (AvgIpc) is 2.28. The summed E-state index contributed by atoms with van der Waals surface area (Å²) in [7, 11) is -3.20. The van der Waals surface area contributed by atoms with Gasteiger partial charge in [0.2, 0.25) is 0 Å². The number of nitrogens with two attached hydrogens (primary N) is 1. The van der Waals surface area contributed by atoms with Crippen LogP contribution in [0.15, 0.2) is 47.4 Å². The van der Waals surface area contributed by atoms with Gasteiger partial charge in [0.1, 0.15) is 5.75 Å². The van der Waals surface area contributed by atoms with E-state index in [4.69, 9.17) is 5.73 Å². The molecule has 2 rings (SSSR count). The molecule has 0 atom stereocenters. The van der Waals surface area contributed by atoms with Crippen LogP contribution in [0.25, 0.3) is 11.1 Å². The number of phenols is 1. The molecule has 2 aromatic rings. The normalized spacial score (nSPS) is 11.4. The van der Waals surface area contributed by atoms with Gasteiger partial charge in [-0.25, -0.2) is 8.42 Å². The Bertz CT molecular complexity index is 676. The van der Waals surface area contributed by atoms with Crippen LogP contribution in [0.4, 0.5) is 5.69 Å². The van der Waals surface area contributed by atoms with E-state index in [0.29, 0.717) is 11.3 Å². The van der Waals surface area contributed by atoms with Crippen molar-refractivity contribution in [3.05, 3.63) is 42.5 Å². The predicted molar refractivity (Wildman–Crippen MR) is 71.1 cm³/mol. The van der Waals surface area contributed by atoms with Crippen LogP contribution in [0.3, 0.4) is 0 Å². The van der Waals surface area contributed by atoms with Crippen LogP contribution in [0.2, 0.25) is 0 Å². The number of hydrogen-bond acceptors (Lipinski definition) is 4. The van der Waals surface area contributed by atoms with Crippen LogP contribution in [-0.4, -0.2) is 19.8 Å². The molecule has 94 valence electrons. The van der Waals surface area contributed by atoms with Crippen molar-refractivity contribution in [1.29, 1.82) is 0 Å². The molecule has 0 aliphatic heterocycles. The summed E-state index contributed by atoms with van der Waals surface area (Å²) in [4.78, 5) is 0.251. The topological polar surface area (TPSA) is 80.4 Å². The Kier molecular flexibility index (Phi) is 3.00. The summed E-state index contributed by atoms with van der Waals surface area (Å²) < 4.78 is 22.7. The number of sulfone groups is 1. The maximum absolute atomic E-state index is 11.3. The molecule has 0 saturated heterocycles. The number of anilines is 1. The van der Waals surface area contributed by atoms with Crippen LogP contribution in [-0.2, 0) is 9.84 Å². The Balaban J connectivity index is 2.47. The van der Waals surface area contributed by atoms with E-state index in [0.717, 1.165) is 11.8 Å². The highest BCUT2D eigenvalue weighted by Gasteiger charge is 2.08. The molecule has 0 unspecified atom stereocenters. The number of benzene rings is 2. The molecule has 0 fully saturated rings. The summed E-state index contributed by atoms with van der Waals surface area (Å²) in [5, 5.41) is 9.78. The van der Waals surface area contributed by atoms with E-state index in [1.165, 1.54) is 18.2 Å². The monoisotopic (exact) mass is 263 g/mol. The number of rotatable bonds is 2. The molecule has 5 heteroatoms. The summed E-state index contributed by atoms with van der Waals surface area (Å²) in [5.41, 5.74) is 7.37. The van der Waals surface area contributed by atoms with Crippen molar-refractivity contribution in [2.24, 2.45) is 0 Å². The minimum atomic E-state index is -3.20. The van der Waals surface area contributed by atoms with Gasteiger partial charge in [-0.05, 0) is 29.8 Å². The van der Waals surface area contributed by atoms with E-state index in [9.17, 15) is 13.5 Å². The molecule has 0 saturated carbocycles. The average molecular weight is 263 g/mol. The molecule has 3 N–H and O–H groups in total. The van der Waals surface area contributed by atoms with Gasteiger partial charge in [-0.1, -0.05) is 12.1 Å². The molecule has 0 amide bonds. The van der Waals surface area contributed by atoms with E-state index in [1.807, 2.05) is 0 Å². The lowest BCUT2D eigenvalue weighted by Gasteiger charge is -2.06. The third-order valence-corrected chi connectivity index (χ3v) is 3.74. The van der Waals surface area contributed by atoms with Gasteiger partial charge in [-0.2, -0.15) is 0 Å². The van der Waals surface area contributed by atoms with Gasteiger partial charge in [0, 0.05) is 23.6 Å². The fraction of sp³-hybridized carbons (Fsp3) is 0.0769. The molecule has 0 spiro atoms. The van der Waals surface area contributed by atoms with Gasteiger partial charge in [-0.3, -0.25) is 0 Å². The third kappa shape index (κ3) is 2.46. The van der Waals surface area contributed by atoms with Crippen molar-refractivity contribution in [2.45, 2.75) is 4.90 Å². The van der Waals surface area contributed by atoms with Crippen LogP contribution in [0.5, 0.6) is 5.75 Å². The van der Waals surface area contributed by atoms with Crippen LogP contribution in [0, 0.1) is 0 Å². The molecule has 4 nitrogen and oxygen atoms in total. The van der Waals surface area contributed by atoms with Crippen LogP contribution < -0.4 is 5.73 Å². The van der Waals surface area contributed by atoms with Crippen molar-refractivity contribution in [3.8, 4) is 16.9 Å². The van der Waals surface area contributed by atoms with Gasteiger partial charge in [-0.15, -0.1) is 0 Å². The Morgan fingerprint density at radius 2 is 1.67 bits per heavy atom. The SMILES string of the molecule is CS(=O)(=O)c1ccc(-c2ccc(N)cc2O)cc1. The number of phenolic OH excluding ortho intramolecular Hbond substituents is 1. The molecule has 0 bridgehead atoms. The Labute approximate surface area is 106 Å². The van der Waals surface area contributed by atoms with E-state index in [-0.39, 0.29) is 10.6 Å². The lowest BCUT2D eigenvalue weighted by Crippen LogP contribution is -1.96. The van der Waals surface area contributed by atoms with E-state index in [1.54, 1.807) is 24.3 Å². The molecule has 0 aromatic heterocycles. The Morgan fingerprint density at radius 1 is 1.06 bits per heavy atom. The zero-order valence-corrected chi connectivity index (χ0v) is 10.6. The zero-order chi connectivity index (χ0) is 13.3. The summed E-state index contributed by atoms with van der Waals surface area (Å²) >= 11 is 0. The Hall–Kier alpha value is -2.01. The van der Waals surface area contributed by atoms with Gasteiger partial charge in [0.15, 0.2) is 9.84 Å². The van der Waals surface area contributed by atoms with Gasteiger partial charge >= 0.3 is 0 Å². The lowest BCUT2D eigenvalue weighted by molar-refractivity contribution is 0.477. The first-order valence-electron chi connectivity index (χ1n) is 5.27. The molecular formula is C13H13NO3S. The van der Waals surface area contributed by atoms with E-state index in [2.05, 4.69) is 0 Å². The van der Waals surface area contributed by atoms with Crippen molar-refractivity contribution >= 4 is 15.5 Å².